The highest BCUT2D eigenvalue weighted by molar-refractivity contribution is 5.98. The lowest BCUT2D eigenvalue weighted by Crippen LogP contribution is -2.44. The van der Waals surface area contributed by atoms with Gasteiger partial charge in [-0.1, -0.05) is 6.07 Å². The molecule has 3 N–H and O–H groups in total. The molecule has 1 fully saturated rings. The monoisotopic (exact) mass is 247 g/mol. The minimum absolute atomic E-state index is 0.361. The molecule has 98 valence electrons. The molecule has 0 aromatic heterocycles. The van der Waals surface area contributed by atoms with E-state index in [0.29, 0.717) is 11.6 Å². The first-order chi connectivity index (χ1) is 8.59. The molecule has 1 aliphatic heterocycles. The van der Waals surface area contributed by atoms with Gasteiger partial charge in [0.1, 0.15) is 0 Å². The molecule has 0 saturated carbocycles. The molecule has 0 radical (unpaired) electrons. The summed E-state index contributed by atoms with van der Waals surface area (Å²) in [5.74, 6) is -0.361. The van der Waals surface area contributed by atoms with Gasteiger partial charge in [-0.05, 0) is 44.0 Å². The van der Waals surface area contributed by atoms with Crippen molar-refractivity contribution in [1.29, 1.82) is 0 Å². The fourth-order valence-corrected chi connectivity index (χ4v) is 2.50. The summed E-state index contributed by atoms with van der Waals surface area (Å²) in [6.07, 6.45) is 2.32. The first kappa shape index (κ1) is 12.9. The summed E-state index contributed by atoms with van der Waals surface area (Å²) in [7, 11) is 2.04. The van der Waals surface area contributed by atoms with E-state index in [9.17, 15) is 4.79 Å². The van der Waals surface area contributed by atoms with Gasteiger partial charge < -0.3 is 16.0 Å². The summed E-state index contributed by atoms with van der Waals surface area (Å²) in [6.45, 7) is 4.07. The van der Waals surface area contributed by atoms with Gasteiger partial charge in [0.25, 0.3) is 5.91 Å². The second kappa shape index (κ2) is 5.40. The lowest BCUT2D eigenvalue weighted by Gasteiger charge is -2.34. The number of likely N-dealkylation sites (N-methyl/N-ethyl adjacent to an activating group) is 1. The van der Waals surface area contributed by atoms with Crippen LogP contribution in [-0.4, -0.2) is 32.1 Å². The number of primary amides is 1. The third kappa shape index (κ3) is 2.64. The van der Waals surface area contributed by atoms with E-state index in [1.807, 2.05) is 32.2 Å². The third-order valence-corrected chi connectivity index (χ3v) is 3.62. The average molecular weight is 247 g/mol. The number of carbonyl (C=O) groups is 1. The van der Waals surface area contributed by atoms with Crippen molar-refractivity contribution in [3.63, 3.8) is 0 Å². The zero-order valence-electron chi connectivity index (χ0n) is 11.1. The van der Waals surface area contributed by atoms with Crippen LogP contribution in [0.2, 0.25) is 0 Å². The fraction of sp³-hybridized carbons (Fsp3) is 0.500. The van der Waals surface area contributed by atoms with Crippen LogP contribution in [-0.2, 0) is 0 Å². The first-order valence-electron chi connectivity index (χ1n) is 6.43. The predicted molar refractivity (Wildman–Crippen MR) is 74.0 cm³/mol. The van der Waals surface area contributed by atoms with Gasteiger partial charge in [-0.15, -0.1) is 0 Å². The van der Waals surface area contributed by atoms with E-state index in [2.05, 4.69) is 10.2 Å². The van der Waals surface area contributed by atoms with Gasteiger partial charge in [0.05, 0.1) is 5.56 Å². The van der Waals surface area contributed by atoms with Crippen molar-refractivity contribution in [2.45, 2.75) is 25.8 Å². The number of carbonyl (C=O) groups excluding carboxylic acids is 1. The number of aryl methyl sites for hydroxylation is 1. The molecular weight excluding hydrogens is 226 g/mol. The van der Waals surface area contributed by atoms with Crippen LogP contribution in [0.4, 0.5) is 5.69 Å². The maximum atomic E-state index is 11.5. The molecule has 1 saturated heterocycles. The molecular formula is C14H21N3O. The van der Waals surface area contributed by atoms with E-state index in [4.69, 9.17) is 5.73 Å². The Bertz CT molecular complexity index is 439. The van der Waals surface area contributed by atoms with Crippen LogP contribution in [0.3, 0.4) is 0 Å². The lowest BCUT2D eigenvalue weighted by atomic mass is 10.0. The summed E-state index contributed by atoms with van der Waals surface area (Å²) in [6, 6.07) is 6.21. The number of rotatable bonds is 3. The molecule has 0 spiro atoms. The van der Waals surface area contributed by atoms with Crippen molar-refractivity contribution in [3.05, 3.63) is 29.3 Å². The average Bonchev–Trinajstić information content (AvgIpc) is 2.38. The number of amides is 1. The standard InChI is InChI=1S/C14H21N3O/c1-10-5-6-12(14(15)18)13(8-10)17(2)11-4-3-7-16-9-11/h5-6,8,11,16H,3-4,7,9H2,1-2H3,(H2,15,18). The zero-order valence-corrected chi connectivity index (χ0v) is 11.1. The molecule has 1 amide bonds. The summed E-state index contributed by atoms with van der Waals surface area (Å²) in [4.78, 5) is 13.7. The number of hydrogen-bond donors (Lipinski definition) is 2. The Kier molecular flexibility index (Phi) is 3.87. The third-order valence-electron chi connectivity index (χ3n) is 3.62. The molecule has 1 atom stereocenters. The number of nitrogens with one attached hydrogen (secondary N) is 1. The van der Waals surface area contributed by atoms with Crippen LogP contribution in [0.5, 0.6) is 0 Å². The minimum Gasteiger partial charge on any atom is -0.370 e. The van der Waals surface area contributed by atoms with E-state index >= 15 is 0 Å². The van der Waals surface area contributed by atoms with Crippen molar-refractivity contribution in [1.82, 2.24) is 5.32 Å². The van der Waals surface area contributed by atoms with E-state index < -0.39 is 0 Å². The smallest absolute Gasteiger partial charge is 0.250 e. The molecule has 4 heteroatoms. The van der Waals surface area contributed by atoms with Crippen LogP contribution in [0.15, 0.2) is 18.2 Å². The quantitative estimate of drug-likeness (QED) is 0.846. The number of benzene rings is 1. The SMILES string of the molecule is Cc1ccc(C(N)=O)c(N(C)C2CCCNC2)c1. The number of hydrogen-bond acceptors (Lipinski definition) is 3. The van der Waals surface area contributed by atoms with Crippen molar-refractivity contribution in [2.75, 3.05) is 25.0 Å². The van der Waals surface area contributed by atoms with Gasteiger partial charge >= 0.3 is 0 Å². The van der Waals surface area contributed by atoms with Gasteiger partial charge in [0.15, 0.2) is 0 Å². The highest BCUT2D eigenvalue weighted by Gasteiger charge is 2.21. The predicted octanol–water partition coefficient (Wildman–Crippen LogP) is 1.28. The summed E-state index contributed by atoms with van der Waals surface area (Å²) >= 11 is 0. The maximum Gasteiger partial charge on any atom is 0.250 e. The molecule has 1 unspecified atom stereocenters. The van der Waals surface area contributed by atoms with Gasteiger partial charge in [0.2, 0.25) is 0 Å². The van der Waals surface area contributed by atoms with Crippen LogP contribution in [0, 0.1) is 6.92 Å². The number of nitrogens with zero attached hydrogens (tertiary/aromatic N) is 1. The van der Waals surface area contributed by atoms with Crippen molar-refractivity contribution in [3.8, 4) is 0 Å². The molecule has 1 aliphatic rings. The molecule has 2 rings (SSSR count). The number of nitrogens with two attached hydrogens (primary N) is 1. The molecule has 1 aromatic rings. The summed E-state index contributed by atoms with van der Waals surface area (Å²) in [5.41, 5.74) is 8.14. The van der Waals surface area contributed by atoms with E-state index in [1.165, 1.54) is 6.42 Å². The van der Waals surface area contributed by atoms with Crippen molar-refractivity contribution >= 4 is 11.6 Å². The van der Waals surface area contributed by atoms with E-state index in [0.717, 1.165) is 30.8 Å². The van der Waals surface area contributed by atoms with Crippen LogP contribution < -0.4 is 16.0 Å². The molecule has 0 bridgehead atoms. The Hall–Kier alpha value is -1.55. The van der Waals surface area contributed by atoms with Gasteiger partial charge in [-0.25, -0.2) is 0 Å². The van der Waals surface area contributed by atoms with E-state index in [1.54, 1.807) is 0 Å². The molecule has 1 aromatic carbocycles. The zero-order chi connectivity index (χ0) is 13.1. The normalized spacial score (nSPS) is 19.6. The van der Waals surface area contributed by atoms with Crippen molar-refractivity contribution < 1.29 is 4.79 Å². The second-order valence-electron chi connectivity index (χ2n) is 5.00. The molecule has 1 heterocycles. The summed E-state index contributed by atoms with van der Waals surface area (Å²) in [5, 5.41) is 3.39. The van der Waals surface area contributed by atoms with Crippen molar-refractivity contribution in [2.24, 2.45) is 5.73 Å². The maximum absolute atomic E-state index is 11.5. The first-order valence-corrected chi connectivity index (χ1v) is 6.43. The van der Waals surface area contributed by atoms with Gasteiger partial charge in [-0.3, -0.25) is 4.79 Å². The largest absolute Gasteiger partial charge is 0.370 e. The number of anilines is 1. The van der Waals surface area contributed by atoms with E-state index in [-0.39, 0.29) is 5.91 Å². The van der Waals surface area contributed by atoms with Gasteiger partial charge in [0, 0.05) is 25.3 Å². The Labute approximate surface area is 108 Å². The highest BCUT2D eigenvalue weighted by Crippen LogP contribution is 2.24. The molecule has 0 aliphatic carbocycles. The molecule has 4 nitrogen and oxygen atoms in total. The number of piperidine rings is 1. The fourth-order valence-electron chi connectivity index (χ4n) is 2.50. The Morgan fingerprint density at radius 1 is 1.50 bits per heavy atom. The Balaban J connectivity index is 2.30. The minimum atomic E-state index is -0.361. The molecule has 18 heavy (non-hydrogen) atoms. The second-order valence-corrected chi connectivity index (χ2v) is 5.00. The highest BCUT2D eigenvalue weighted by atomic mass is 16.1. The van der Waals surface area contributed by atoms with Crippen LogP contribution in [0.1, 0.15) is 28.8 Å². The lowest BCUT2D eigenvalue weighted by molar-refractivity contribution is 0.100. The Morgan fingerprint density at radius 3 is 2.89 bits per heavy atom. The summed E-state index contributed by atoms with van der Waals surface area (Å²) < 4.78 is 0. The van der Waals surface area contributed by atoms with Gasteiger partial charge in [-0.2, -0.15) is 0 Å². The van der Waals surface area contributed by atoms with Crippen LogP contribution in [0.25, 0.3) is 0 Å². The Morgan fingerprint density at radius 2 is 2.28 bits per heavy atom. The van der Waals surface area contributed by atoms with Crippen LogP contribution >= 0.6 is 0 Å². The topological polar surface area (TPSA) is 58.4 Å².